The van der Waals surface area contributed by atoms with Gasteiger partial charge in [-0.2, -0.15) is 0 Å². The molecule has 2 rings (SSSR count). The van der Waals surface area contributed by atoms with Crippen LogP contribution in [0, 0.1) is 6.92 Å². The second kappa shape index (κ2) is 3.80. The highest BCUT2D eigenvalue weighted by atomic mass is 16.5. The normalized spacial score (nSPS) is 16.1. The average molecular weight is 191 g/mol. The average Bonchev–Trinajstić information content (AvgIpc) is 2.11. The molecule has 0 spiro atoms. The molecule has 1 aliphatic rings. The van der Waals surface area contributed by atoms with Crippen LogP contribution >= 0.6 is 0 Å². The number of ether oxygens (including phenoxy) is 1. The van der Waals surface area contributed by atoms with Crippen molar-refractivity contribution in [3.05, 3.63) is 35.4 Å². The van der Waals surface area contributed by atoms with Crippen LogP contribution in [-0.2, 0) is 4.74 Å². The molecular weight excluding hydrogens is 178 g/mol. The van der Waals surface area contributed by atoms with Crippen molar-refractivity contribution < 1.29 is 9.53 Å². The summed E-state index contributed by atoms with van der Waals surface area (Å²) in [5.74, 6) is -0.0120. The number of hydrogen-bond acceptors (Lipinski definition) is 2. The summed E-state index contributed by atoms with van der Waals surface area (Å²) < 4.78 is 4.98. The predicted molar refractivity (Wildman–Crippen MR) is 53.3 cm³/mol. The maximum atomic E-state index is 11.6. The zero-order valence-electron chi connectivity index (χ0n) is 8.12. The maximum Gasteiger partial charge on any atom is 0.251 e. The number of carbonyl (C=O) groups excluding carboxylic acids is 1. The first kappa shape index (κ1) is 9.21. The van der Waals surface area contributed by atoms with Crippen molar-refractivity contribution in [1.29, 1.82) is 0 Å². The number of hydrogen-bond donors (Lipinski definition) is 1. The van der Waals surface area contributed by atoms with Crippen LogP contribution in [0.15, 0.2) is 24.3 Å². The van der Waals surface area contributed by atoms with Crippen LogP contribution < -0.4 is 5.32 Å². The van der Waals surface area contributed by atoms with E-state index in [-0.39, 0.29) is 11.9 Å². The third-order valence-corrected chi connectivity index (χ3v) is 2.25. The van der Waals surface area contributed by atoms with Gasteiger partial charge in [0.25, 0.3) is 5.91 Å². The molecule has 0 atom stereocenters. The Morgan fingerprint density at radius 3 is 2.86 bits per heavy atom. The van der Waals surface area contributed by atoms with E-state index in [2.05, 4.69) is 5.32 Å². The Morgan fingerprint density at radius 1 is 1.50 bits per heavy atom. The van der Waals surface area contributed by atoms with Crippen molar-refractivity contribution in [2.45, 2.75) is 13.0 Å². The molecule has 14 heavy (non-hydrogen) atoms. The topological polar surface area (TPSA) is 38.3 Å². The molecule has 0 radical (unpaired) electrons. The summed E-state index contributed by atoms with van der Waals surface area (Å²) in [5, 5.41) is 2.90. The lowest BCUT2D eigenvalue weighted by molar-refractivity contribution is -0.00346. The molecule has 1 aliphatic heterocycles. The van der Waals surface area contributed by atoms with E-state index < -0.39 is 0 Å². The molecule has 1 N–H and O–H groups in total. The second-order valence-electron chi connectivity index (χ2n) is 3.58. The van der Waals surface area contributed by atoms with E-state index >= 15 is 0 Å². The van der Waals surface area contributed by atoms with E-state index in [9.17, 15) is 4.79 Å². The number of carbonyl (C=O) groups is 1. The van der Waals surface area contributed by atoms with Crippen molar-refractivity contribution in [3.63, 3.8) is 0 Å². The van der Waals surface area contributed by atoms with Gasteiger partial charge in [0.15, 0.2) is 0 Å². The summed E-state index contributed by atoms with van der Waals surface area (Å²) in [7, 11) is 0. The molecule has 3 nitrogen and oxygen atoms in total. The molecule has 0 saturated carbocycles. The molecule has 0 unspecified atom stereocenters. The van der Waals surface area contributed by atoms with Crippen molar-refractivity contribution in [3.8, 4) is 0 Å². The van der Waals surface area contributed by atoms with Crippen LogP contribution in [0.1, 0.15) is 15.9 Å². The highest BCUT2D eigenvalue weighted by Crippen LogP contribution is 2.06. The zero-order valence-corrected chi connectivity index (χ0v) is 8.12. The lowest BCUT2D eigenvalue weighted by Gasteiger charge is -2.26. The Bertz CT molecular complexity index is 345. The predicted octanol–water partition coefficient (Wildman–Crippen LogP) is 1.12. The number of nitrogens with one attached hydrogen (secondary N) is 1. The maximum absolute atomic E-state index is 11.6. The monoisotopic (exact) mass is 191 g/mol. The Hall–Kier alpha value is -1.35. The summed E-state index contributed by atoms with van der Waals surface area (Å²) in [6, 6.07) is 7.77. The molecule has 0 bridgehead atoms. The number of aryl methyl sites for hydroxylation is 1. The quantitative estimate of drug-likeness (QED) is 0.760. The highest BCUT2D eigenvalue weighted by Gasteiger charge is 2.20. The molecule has 3 heteroatoms. The minimum Gasteiger partial charge on any atom is -0.377 e. The molecule has 1 fully saturated rings. The fraction of sp³-hybridized carbons (Fsp3) is 0.364. The van der Waals surface area contributed by atoms with Crippen LogP contribution in [0.4, 0.5) is 0 Å². The van der Waals surface area contributed by atoms with Gasteiger partial charge in [0.1, 0.15) is 0 Å². The van der Waals surface area contributed by atoms with E-state index in [1.807, 2.05) is 31.2 Å². The first-order chi connectivity index (χ1) is 6.75. The van der Waals surface area contributed by atoms with Gasteiger partial charge in [-0.15, -0.1) is 0 Å². The summed E-state index contributed by atoms with van der Waals surface area (Å²) in [4.78, 5) is 11.6. The fourth-order valence-electron chi connectivity index (χ4n) is 1.37. The molecule has 0 aromatic heterocycles. The first-order valence-corrected chi connectivity index (χ1v) is 4.71. The van der Waals surface area contributed by atoms with Gasteiger partial charge in [-0.05, 0) is 19.1 Å². The minimum absolute atomic E-state index is 0.0120. The summed E-state index contributed by atoms with van der Waals surface area (Å²) >= 11 is 0. The first-order valence-electron chi connectivity index (χ1n) is 4.71. The highest BCUT2D eigenvalue weighted by molar-refractivity contribution is 5.94. The van der Waals surface area contributed by atoms with Crippen LogP contribution in [0.25, 0.3) is 0 Å². The Kier molecular flexibility index (Phi) is 2.50. The van der Waals surface area contributed by atoms with Gasteiger partial charge < -0.3 is 10.1 Å². The molecule has 74 valence electrons. The van der Waals surface area contributed by atoms with E-state index in [0.717, 1.165) is 11.1 Å². The zero-order chi connectivity index (χ0) is 9.97. The summed E-state index contributed by atoms with van der Waals surface area (Å²) in [5.41, 5.74) is 1.82. The summed E-state index contributed by atoms with van der Waals surface area (Å²) in [6.45, 7) is 3.25. The van der Waals surface area contributed by atoms with Gasteiger partial charge in [-0.1, -0.05) is 17.7 Å². The third-order valence-electron chi connectivity index (χ3n) is 2.25. The molecule has 1 aromatic carbocycles. The van der Waals surface area contributed by atoms with Crippen LogP contribution in [0.5, 0.6) is 0 Å². The van der Waals surface area contributed by atoms with E-state index in [1.165, 1.54) is 0 Å². The van der Waals surface area contributed by atoms with Crippen molar-refractivity contribution >= 4 is 5.91 Å². The van der Waals surface area contributed by atoms with Crippen molar-refractivity contribution in [2.75, 3.05) is 13.2 Å². The molecule has 0 aliphatic carbocycles. The Labute approximate surface area is 83.1 Å². The number of rotatable bonds is 2. The van der Waals surface area contributed by atoms with E-state index in [1.54, 1.807) is 0 Å². The van der Waals surface area contributed by atoms with Gasteiger partial charge in [0.05, 0.1) is 19.3 Å². The molecule has 1 aromatic rings. The van der Waals surface area contributed by atoms with Crippen LogP contribution in [-0.4, -0.2) is 25.2 Å². The van der Waals surface area contributed by atoms with Crippen LogP contribution in [0.3, 0.4) is 0 Å². The second-order valence-corrected chi connectivity index (χ2v) is 3.58. The fourth-order valence-corrected chi connectivity index (χ4v) is 1.37. The van der Waals surface area contributed by atoms with Gasteiger partial charge in [-0.25, -0.2) is 0 Å². The summed E-state index contributed by atoms with van der Waals surface area (Å²) in [6.07, 6.45) is 0. The van der Waals surface area contributed by atoms with E-state index in [4.69, 9.17) is 4.74 Å². The number of amides is 1. The smallest absolute Gasteiger partial charge is 0.251 e. The largest absolute Gasteiger partial charge is 0.377 e. The lowest BCUT2D eigenvalue weighted by Crippen LogP contribution is -2.48. The third kappa shape index (κ3) is 1.93. The van der Waals surface area contributed by atoms with E-state index in [0.29, 0.717) is 13.2 Å². The van der Waals surface area contributed by atoms with Gasteiger partial charge in [0.2, 0.25) is 0 Å². The van der Waals surface area contributed by atoms with Gasteiger partial charge in [-0.3, -0.25) is 4.79 Å². The Balaban J connectivity index is 2.02. The molecule has 1 saturated heterocycles. The minimum atomic E-state index is -0.0120. The number of benzene rings is 1. The Morgan fingerprint density at radius 2 is 2.29 bits per heavy atom. The van der Waals surface area contributed by atoms with Crippen LogP contribution in [0.2, 0.25) is 0 Å². The van der Waals surface area contributed by atoms with Crippen molar-refractivity contribution in [2.24, 2.45) is 0 Å². The molecular formula is C11H13NO2. The lowest BCUT2D eigenvalue weighted by atomic mass is 10.1. The van der Waals surface area contributed by atoms with Gasteiger partial charge in [0, 0.05) is 5.56 Å². The standard InChI is InChI=1S/C11H13NO2/c1-8-3-2-4-9(5-8)11(13)12-10-6-14-7-10/h2-5,10H,6-7H2,1H3,(H,12,13). The van der Waals surface area contributed by atoms with Gasteiger partial charge >= 0.3 is 0 Å². The SMILES string of the molecule is Cc1cccc(C(=O)NC2COC2)c1. The molecule has 1 amide bonds. The van der Waals surface area contributed by atoms with Crippen molar-refractivity contribution in [1.82, 2.24) is 5.32 Å². The molecule has 1 heterocycles.